The van der Waals surface area contributed by atoms with Gasteiger partial charge in [-0.1, -0.05) is 0 Å². The van der Waals surface area contributed by atoms with Gasteiger partial charge in [0.25, 0.3) is 0 Å². The van der Waals surface area contributed by atoms with Crippen LogP contribution in [-0.4, -0.2) is 17.9 Å². The van der Waals surface area contributed by atoms with Gasteiger partial charge < -0.3 is 4.90 Å². The van der Waals surface area contributed by atoms with Crippen LogP contribution < -0.4 is 4.90 Å². The molecule has 0 saturated heterocycles. The molecule has 1 aromatic carbocycles. The fourth-order valence-corrected chi connectivity index (χ4v) is 2.99. The highest BCUT2D eigenvalue weighted by Gasteiger charge is 2.21. The number of amides is 1. The maximum atomic E-state index is 11.6. The average Bonchev–Trinajstić information content (AvgIpc) is 2.91. The first kappa shape index (κ1) is 11.9. The molecule has 0 radical (unpaired) electrons. The first-order chi connectivity index (χ1) is 9.19. The number of nitrogens with zero attached hydrogens (tertiary/aromatic N) is 3. The molecule has 94 valence electrons. The van der Waals surface area contributed by atoms with Gasteiger partial charge in [-0.05, 0) is 30.2 Å². The van der Waals surface area contributed by atoms with Crippen LogP contribution in [-0.2, 0) is 11.2 Å². The van der Waals surface area contributed by atoms with Crippen LogP contribution in [0.15, 0.2) is 23.6 Å². The van der Waals surface area contributed by atoms with E-state index < -0.39 is 0 Å². The van der Waals surface area contributed by atoms with Crippen molar-refractivity contribution in [3.8, 4) is 16.6 Å². The van der Waals surface area contributed by atoms with Crippen molar-refractivity contribution < 1.29 is 4.79 Å². The minimum atomic E-state index is 0.154. The van der Waals surface area contributed by atoms with E-state index in [2.05, 4.69) is 11.1 Å². The maximum absolute atomic E-state index is 11.6. The number of aryl methyl sites for hydroxylation is 1. The quantitative estimate of drug-likeness (QED) is 0.799. The van der Waals surface area contributed by atoms with Gasteiger partial charge in [0.2, 0.25) is 5.91 Å². The lowest BCUT2D eigenvalue weighted by molar-refractivity contribution is -0.118. The molecule has 5 heteroatoms. The zero-order valence-electron chi connectivity index (χ0n) is 10.4. The van der Waals surface area contributed by atoms with Gasteiger partial charge in [-0.2, -0.15) is 5.26 Å². The third-order valence-corrected chi connectivity index (χ3v) is 4.18. The standard InChI is InChI=1S/C14H11N3OS/c1-17-12-4-2-10(6-9(12)3-5-13(17)18)14-16-11(7-15)8-19-14/h2,4,6,8H,3,5H2,1H3. The highest BCUT2D eigenvalue weighted by atomic mass is 32.1. The number of thiazole rings is 1. The fourth-order valence-electron chi connectivity index (χ4n) is 2.25. The Morgan fingerprint density at radius 3 is 3.00 bits per heavy atom. The molecule has 1 aliphatic heterocycles. The second kappa shape index (κ2) is 4.48. The van der Waals surface area contributed by atoms with E-state index in [1.807, 2.05) is 18.2 Å². The average molecular weight is 269 g/mol. The molecule has 1 aromatic heterocycles. The Bertz CT molecular complexity index is 699. The SMILES string of the molecule is CN1C(=O)CCc2cc(-c3nc(C#N)cs3)ccc21. The van der Waals surface area contributed by atoms with E-state index in [0.717, 1.165) is 28.2 Å². The van der Waals surface area contributed by atoms with Gasteiger partial charge in [0.1, 0.15) is 11.1 Å². The number of benzene rings is 1. The van der Waals surface area contributed by atoms with Crippen LogP contribution in [0.1, 0.15) is 17.7 Å². The van der Waals surface area contributed by atoms with Gasteiger partial charge in [0.05, 0.1) is 0 Å². The molecule has 0 aliphatic carbocycles. The Morgan fingerprint density at radius 1 is 1.42 bits per heavy atom. The summed E-state index contributed by atoms with van der Waals surface area (Å²) in [5, 5.41) is 11.4. The molecule has 2 heterocycles. The van der Waals surface area contributed by atoms with E-state index >= 15 is 0 Å². The number of hydrogen-bond acceptors (Lipinski definition) is 4. The van der Waals surface area contributed by atoms with Crippen LogP contribution in [0.4, 0.5) is 5.69 Å². The van der Waals surface area contributed by atoms with Crippen molar-refractivity contribution in [1.29, 1.82) is 5.26 Å². The number of carbonyl (C=O) groups excluding carboxylic acids is 1. The molecule has 19 heavy (non-hydrogen) atoms. The molecule has 1 aliphatic rings. The van der Waals surface area contributed by atoms with Gasteiger partial charge in [-0.15, -0.1) is 11.3 Å². The van der Waals surface area contributed by atoms with Crippen molar-refractivity contribution in [2.24, 2.45) is 0 Å². The van der Waals surface area contributed by atoms with Crippen molar-refractivity contribution in [3.63, 3.8) is 0 Å². The Morgan fingerprint density at radius 2 is 2.26 bits per heavy atom. The lowest BCUT2D eigenvalue weighted by atomic mass is 9.99. The van der Waals surface area contributed by atoms with Crippen LogP contribution in [0.5, 0.6) is 0 Å². The molecule has 1 amide bonds. The normalized spacial score (nSPS) is 14.1. The van der Waals surface area contributed by atoms with E-state index in [9.17, 15) is 4.79 Å². The summed E-state index contributed by atoms with van der Waals surface area (Å²) < 4.78 is 0. The number of nitriles is 1. The van der Waals surface area contributed by atoms with Crippen molar-refractivity contribution in [2.75, 3.05) is 11.9 Å². The Labute approximate surface area is 114 Å². The number of rotatable bonds is 1. The summed E-state index contributed by atoms with van der Waals surface area (Å²) in [4.78, 5) is 17.6. The highest BCUT2D eigenvalue weighted by molar-refractivity contribution is 7.13. The molecule has 0 saturated carbocycles. The molecule has 0 N–H and O–H groups in total. The maximum Gasteiger partial charge on any atom is 0.227 e. The van der Waals surface area contributed by atoms with Crippen LogP contribution in [0, 0.1) is 11.3 Å². The molecular formula is C14H11N3OS. The number of aromatic nitrogens is 1. The predicted molar refractivity (Wildman–Crippen MR) is 74.0 cm³/mol. The largest absolute Gasteiger partial charge is 0.315 e. The summed E-state index contributed by atoms with van der Waals surface area (Å²) in [5.41, 5.74) is 3.59. The first-order valence-electron chi connectivity index (χ1n) is 5.94. The van der Waals surface area contributed by atoms with Crippen molar-refractivity contribution in [3.05, 3.63) is 34.8 Å². The summed E-state index contributed by atoms with van der Waals surface area (Å²) in [6.45, 7) is 0. The van der Waals surface area contributed by atoms with Crippen LogP contribution in [0.3, 0.4) is 0 Å². The first-order valence-corrected chi connectivity index (χ1v) is 6.82. The topological polar surface area (TPSA) is 57.0 Å². The number of fused-ring (bicyclic) bond motifs is 1. The summed E-state index contributed by atoms with van der Waals surface area (Å²) in [5.74, 6) is 0.154. The second-order valence-corrected chi connectivity index (χ2v) is 5.30. The molecule has 0 fully saturated rings. The Balaban J connectivity index is 2.02. The third kappa shape index (κ3) is 2.00. The molecular weight excluding hydrogens is 258 g/mol. The molecule has 0 bridgehead atoms. The summed E-state index contributed by atoms with van der Waals surface area (Å²) in [7, 11) is 1.80. The van der Waals surface area contributed by atoms with Crippen molar-refractivity contribution >= 4 is 22.9 Å². The van der Waals surface area contributed by atoms with E-state index in [1.54, 1.807) is 17.3 Å². The highest BCUT2D eigenvalue weighted by Crippen LogP contribution is 2.32. The lowest BCUT2D eigenvalue weighted by Gasteiger charge is -2.25. The minimum Gasteiger partial charge on any atom is -0.315 e. The fraction of sp³-hybridized carbons (Fsp3) is 0.214. The van der Waals surface area contributed by atoms with Crippen LogP contribution >= 0.6 is 11.3 Å². The van der Waals surface area contributed by atoms with Gasteiger partial charge in [-0.3, -0.25) is 4.79 Å². The van der Waals surface area contributed by atoms with E-state index in [0.29, 0.717) is 12.1 Å². The number of carbonyl (C=O) groups is 1. The van der Waals surface area contributed by atoms with Gasteiger partial charge in [-0.25, -0.2) is 4.98 Å². The number of hydrogen-bond donors (Lipinski definition) is 0. The zero-order valence-corrected chi connectivity index (χ0v) is 11.2. The monoisotopic (exact) mass is 269 g/mol. The van der Waals surface area contributed by atoms with Crippen LogP contribution in [0.2, 0.25) is 0 Å². The van der Waals surface area contributed by atoms with Gasteiger partial charge in [0.15, 0.2) is 5.69 Å². The van der Waals surface area contributed by atoms with Crippen molar-refractivity contribution in [2.45, 2.75) is 12.8 Å². The van der Waals surface area contributed by atoms with Gasteiger partial charge >= 0.3 is 0 Å². The van der Waals surface area contributed by atoms with E-state index in [1.165, 1.54) is 11.3 Å². The summed E-state index contributed by atoms with van der Waals surface area (Å²) in [6, 6.07) is 8.01. The zero-order chi connectivity index (χ0) is 13.4. The smallest absolute Gasteiger partial charge is 0.227 e. The Hall–Kier alpha value is -2.19. The molecule has 2 aromatic rings. The van der Waals surface area contributed by atoms with E-state index in [4.69, 9.17) is 5.26 Å². The predicted octanol–water partition coefficient (Wildman–Crippen LogP) is 2.59. The summed E-state index contributed by atoms with van der Waals surface area (Å²) >= 11 is 1.47. The third-order valence-electron chi connectivity index (χ3n) is 3.29. The molecule has 3 rings (SSSR count). The minimum absolute atomic E-state index is 0.154. The summed E-state index contributed by atoms with van der Waals surface area (Å²) in [6.07, 6.45) is 1.32. The van der Waals surface area contributed by atoms with Crippen LogP contribution in [0.25, 0.3) is 10.6 Å². The molecule has 0 spiro atoms. The molecule has 4 nitrogen and oxygen atoms in total. The van der Waals surface area contributed by atoms with Crippen molar-refractivity contribution in [1.82, 2.24) is 4.98 Å². The van der Waals surface area contributed by atoms with Gasteiger partial charge in [0, 0.05) is 30.1 Å². The Kier molecular flexibility index (Phi) is 2.80. The molecule has 0 atom stereocenters. The second-order valence-electron chi connectivity index (χ2n) is 4.45. The number of anilines is 1. The van der Waals surface area contributed by atoms with E-state index in [-0.39, 0.29) is 5.91 Å². The lowest BCUT2D eigenvalue weighted by Crippen LogP contribution is -2.30. The molecule has 0 unspecified atom stereocenters.